The first-order chi connectivity index (χ1) is 15.9. The third kappa shape index (κ3) is 6.12. The summed E-state index contributed by atoms with van der Waals surface area (Å²) in [5.41, 5.74) is 2.24. The Morgan fingerprint density at radius 2 is 1.58 bits per heavy atom. The van der Waals surface area contributed by atoms with Gasteiger partial charge in [-0.3, -0.25) is 4.79 Å². The molecule has 0 fully saturated rings. The lowest BCUT2D eigenvalue weighted by Crippen LogP contribution is -2.48. The van der Waals surface area contributed by atoms with Gasteiger partial charge in [-0.05, 0) is 43.7 Å². The van der Waals surface area contributed by atoms with Gasteiger partial charge in [0, 0.05) is 0 Å². The number of hydrogen-bond acceptors (Lipinski definition) is 6. The molecule has 0 aliphatic rings. The first-order valence-electron chi connectivity index (χ1n) is 10.6. The van der Waals surface area contributed by atoms with Gasteiger partial charge in [-0.15, -0.1) is 0 Å². The number of carbonyl (C=O) groups excluding carboxylic acids is 1. The molecule has 2 N–H and O–H groups in total. The van der Waals surface area contributed by atoms with E-state index in [-0.39, 0.29) is 11.5 Å². The fraction of sp³-hybridized carbons (Fsp3) is 0.240. The molecule has 0 aromatic heterocycles. The van der Waals surface area contributed by atoms with Gasteiger partial charge in [0.05, 0.1) is 30.3 Å². The number of sulfonamides is 1. The SMILES string of the molecule is CCOC(=O)[C@@H](NS(=O)(=O)c1ccc(C)cc1)[C@H](Nc1ccccc1OC)c1ccccc1. The molecule has 7 nitrogen and oxygen atoms in total. The summed E-state index contributed by atoms with van der Waals surface area (Å²) < 4.78 is 39.7. The molecule has 0 saturated heterocycles. The van der Waals surface area contributed by atoms with Crippen LogP contribution in [0.3, 0.4) is 0 Å². The maximum Gasteiger partial charge on any atom is 0.326 e. The van der Waals surface area contributed by atoms with Crippen molar-refractivity contribution in [1.29, 1.82) is 0 Å². The second-order valence-electron chi connectivity index (χ2n) is 7.40. The first-order valence-corrected chi connectivity index (χ1v) is 12.0. The zero-order chi connectivity index (χ0) is 23.8. The van der Waals surface area contributed by atoms with Crippen molar-refractivity contribution in [2.24, 2.45) is 0 Å². The summed E-state index contributed by atoms with van der Waals surface area (Å²) in [5, 5.41) is 3.28. The van der Waals surface area contributed by atoms with Gasteiger partial charge >= 0.3 is 5.97 Å². The van der Waals surface area contributed by atoms with Crippen molar-refractivity contribution in [3.63, 3.8) is 0 Å². The van der Waals surface area contributed by atoms with E-state index >= 15 is 0 Å². The molecule has 0 radical (unpaired) electrons. The normalized spacial score (nSPS) is 13.1. The molecule has 174 valence electrons. The predicted octanol–water partition coefficient (Wildman–Crippen LogP) is 4.07. The molecule has 3 aromatic carbocycles. The summed E-state index contributed by atoms with van der Waals surface area (Å²) in [6, 6.07) is 20.7. The van der Waals surface area contributed by atoms with Gasteiger partial charge in [-0.2, -0.15) is 4.72 Å². The van der Waals surface area contributed by atoms with E-state index in [2.05, 4.69) is 10.0 Å². The summed E-state index contributed by atoms with van der Waals surface area (Å²) in [6.45, 7) is 3.65. The molecule has 0 unspecified atom stereocenters. The van der Waals surface area contributed by atoms with Crippen LogP contribution in [0, 0.1) is 6.92 Å². The van der Waals surface area contributed by atoms with Gasteiger partial charge in [0.25, 0.3) is 0 Å². The van der Waals surface area contributed by atoms with Gasteiger partial charge in [0.15, 0.2) is 0 Å². The summed E-state index contributed by atoms with van der Waals surface area (Å²) >= 11 is 0. The Morgan fingerprint density at radius 3 is 2.21 bits per heavy atom. The number of methoxy groups -OCH3 is 1. The lowest BCUT2D eigenvalue weighted by Gasteiger charge is -2.29. The quantitative estimate of drug-likeness (QED) is 0.436. The van der Waals surface area contributed by atoms with E-state index in [4.69, 9.17) is 9.47 Å². The van der Waals surface area contributed by atoms with Crippen LogP contribution < -0.4 is 14.8 Å². The topological polar surface area (TPSA) is 93.7 Å². The van der Waals surface area contributed by atoms with Crippen LogP contribution in [0.4, 0.5) is 5.69 Å². The fourth-order valence-electron chi connectivity index (χ4n) is 3.39. The highest BCUT2D eigenvalue weighted by Crippen LogP contribution is 2.30. The van der Waals surface area contributed by atoms with E-state index in [0.29, 0.717) is 17.0 Å². The van der Waals surface area contributed by atoms with Crippen molar-refractivity contribution in [1.82, 2.24) is 4.72 Å². The number of nitrogens with one attached hydrogen (secondary N) is 2. The van der Waals surface area contributed by atoms with Gasteiger partial charge in [0.1, 0.15) is 11.8 Å². The summed E-state index contributed by atoms with van der Waals surface area (Å²) in [5.74, 6) is -0.133. The summed E-state index contributed by atoms with van der Waals surface area (Å²) in [6.07, 6.45) is 0. The average Bonchev–Trinajstić information content (AvgIpc) is 2.82. The molecule has 8 heteroatoms. The van der Waals surface area contributed by atoms with Crippen LogP contribution in [0.25, 0.3) is 0 Å². The summed E-state index contributed by atoms with van der Waals surface area (Å²) in [4.78, 5) is 13.1. The minimum absolute atomic E-state index is 0.0616. The Hall–Kier alpha value is -3.36. The van der Waals surface area contributed by atoms with Crippen LogP contribution in [0.2, 0.25) is 0 Å². The maximum absolute atomic E-state index is 13.2. The molecule has 0 saturated carbocycles. The number of anilines is 1. The van der Waals surface area contributed by atoms with Crippen LogP contribution in [0.1, 0.15) is 24.1 Å². The van der Waals surface area contributed by atoms with Gasteiger partial charge < -0.3 is 14.8 Å². The average molecular weight is 469 g/mol. The van der Waals surface area contributed by atoms with E-state index in [0.717, 1.165) is 5.56 Å². The van der Waals surface area contributed by atoms with Crippen LogP contribution in [0.5, 0.6) is 5.75 Å². The van der Waals surface area contributed by atoms with Crippen molar-refractivity contribution in [2.45, 2.75) is 30.8 Å². The molecule has 0 heterocycles. The number of ether oxygens (including phenoxy) is 2. The Morgan fingerprint density at radius 1 is 0.939 bits per heavy atom. The van der Waals surface area contributed by atoms with Crippen molar-refractivity contribution < 1.29 is 22.7 Å². The Bertz CT molecular complexity index is 1160. The second-order valence-corrected chi connectivity index (χ2v) is 9.11. The highest BCUT2D eigenvalue weighted by molar-refractivity contribution is 7.89. The number of rotatable bonds is 10. The molecule has 2 atom stereocenters. The van der Waals surface area contributed by atoms with E-state index in [1.807, 2.05) is 49.4 Å². The number of esters is 1. The van der Waals surface area contributed by atoms with Crippen molar-refractivity contribution in [2.75, 3.05) is 19.0 Å². The molecular formula is C25H28N2O5S. The monoisotopic (exact) mass is 468 g/mol. The highest BCUT2D eigenvalue weighted by atomic mass is 32.2. The largest absolute Gasteiger partial charge is 0.495 e. The Labute approximate surface area is 194 Å². The number of hydrogen-bond donors (Lipinski definition) is 2. The Kier molecular flexibility index (Phi) is 8.08. The molecule has 3 aromatic rings. The van der Waals surface area contributed by atoms with Crippen LogP contribution >= 0.6 is 0 Å². The zero-order valence-electron chi connectivity index (χ0n) is 18.8. The van der Waals surface area contributed by atoms with Crippen LogP contribution in [-0.4, -0.2) is 34.1 Å². The van der Waals surface area contributed by atoms with Crippen molar-refractivity contribution in [3.8, 4) is 5.75 Å². The van der Waals surface area contributed by atoms with Crippen LogP contribution in [0.15, 0.2) is 83.8 Å². The van der Waals surface area contributed by atoms with Crippen molar-refractivity contribution >= 4 is 21.7 Å². The zero-order valence-corrected chi connectivity index (χ0v) is 19.6. The second kappa shape index (κ2) is 11.0. The predicted molar refractivity (Wildman–Crippen MR) is 128 cm³/mol. The number of benzene rings is 3. The molecule has 0 amide bonds. The fourth-order valence-corrected chi connectivity index (χ4v) is 4.58. The molecule has 0 bridgehead atoms. The van der Waals surface area contributed by atoms with Crippen LogP contribution in [-0.2, 0) is 19.6 Å². The number of aryl methyl sites for hydroxylation is 1. The minimum Gasteiger partial charge on any atom is -0.495 e. The van der Waals surface area contributed by atoms with Gasteiger partial charge in [-0.25, -0.2) is 8.42 Å². The lowest BCUT2D eigenvalue weighted by atomic mass is 9.99. The third-order valence-corrected chi connectivity index (χ3v) is 6.52. The molecule has 0 spiro atoms. The van der Waals surface area contributed by atoms with E-state index in [1.165, 1.54) is 12.1 Å². The number of carbonyl (C=O) groups is 1. The van der Waals surface area contributed by atoms with E-state index in [9.17, 15) is 13.2 Å². The van der Waals surface area contributed by atoms with Crippen molar-refractivity contribution in [3.05, 3.63) is 90.0 Å². The van der Waals surface area contributed by atoms with E-state index < -0.39 is 28.1 Å². The minimum atomic E-state index is -4.02. The Balaban J connectivity index is 2.06. The highest BCUT2D eigenvalue weighted by Gasteiger charge is 2.35. The maximum atomic E-state index is 13.2. The van der Waals surface area contributed by atoms with Gasteiger partial charge in [-0.1, -0.05) is 60.2 Å². The molecule has 0 aliphatic carbocycles. The smallest absolute Gasteiger partial charge is 0.326 e. The standard InChI is InChI=1S/C25H28N2O5S/c1-4-32-25(28)24(27-33(29,30)20-16-14-18(2)15-17-20)23(19-10-6-5-7-11-19)26-21-12-8-9-13-22(21)31-3/h5-17,23-24,26-27H,4H2,1-3H3/t23-,24+/m1/s1. The van der Waals surface area contributed by atoms with E-state index in [1.54, 1.807) is 38.3 Å². The molecule has 3 rings (SSSR count). The lowest BCUT2D eigenvalue weighted by molar-refractivity contribution is -0.145. The molecular weight excluding hydrogens is 440 g/mol. The third-order valence-electron chi connectivity index (χ3n) is 5.06. The number of para-hydroxylation sites is 2. The summed E-state index contributed by atoms with van der Waals surface area (Å²) in [7, 11) is -2.48. The van der Waals surface area contributed by atoms with Gasteiger partial charge in [0.2, 0.25) is 10.0 Å². The molecule has 33 heavy (non-hydrogen) atoms. The molecule has 0 aliphatic heterocycles. The first kappa shape index (κ1) is 24.3.